The van der Waals surface area contributed by atoms with E-state index in [4.69, 9.17) is 0 Å². The second-order valence-corrected chi connectivity index (χ2v) is 5.27. The molecule has 2 heterocycles. The average Bonchev–Trinajstić information content (AvgIpc) is 2.94. The zero-order chi connectivity index (χ0) is 14.0. The summed E-state index contributed by atoms with van der Waals surface area (Å²) in [4.78, 5) is 19.8. The number of thiazole rings is 1. The molecule has 2 aromatic rings. The number of rotatable bonds is 5. The molecule has 0 aliphatic carbocycles. The predicted octanol–water partition coefficient (Wildman–Crippen LogP) is 2.27. The van der Waals surface area contributed by atoms with Gasteiger partial charge in [-0.05, 0) is 16.3 Å². The Bertz CT molecular complexity index is 604. The van der Waals surface area contributed by atoms with Crippen molar-refractivity contribution in [2.24, 2.45) is 7.05 Å². The molecule has 2 rings (SSSR count). The smallest absolute Gasteiger partial charge is 0.358 e. The van der Waals surface area contributed by atoms with E-state index in [2.05, 4.69) is 22.2 Å². The van der Waals surface area contributed by atoms with Crippen molar-refractivity contribution in [1.29, 1.82) is 0 Å². The van der Waals surface area contributed by atoms with Gasteiger partial charge in [0.05, 0.1) is 6.54 Å². The second-order valence-electron chi connectivity index (χ2n) is 4.07. The maximum atomic E-state index is 10.9. The summed E-state index contributed by atoms with van der Waals surface area (Å²) < 4.78 is 1.67. The molecule has 0 aromatic carbocycles. The van der Waals surface area contributed by atoms with Crippen molar-refractivity contribution in [2.45, 2.75) is 26.8 Å². The molecular weight excluding hydrogens is 266 g/mol. The summed E-state index contributed by atoms with van der Waals surface area (Å²) in [6, 6.07) is 0. The minimum Gasteiger partial charge on any atom is -0.358 e. The fourth-order valence-corrected chi connectivity index (χ4v) is 2.47. The highest BCUT2D eigenvalue weighted by Crippen LogP contribution is 2.25. The number of imidazole rings is 1. The van der Waals surface area contributed by atoms with Crippen LogP contribution in [0.3, 0.4) is 0 Å². The molecule has 0 spiro atoms. The van der Waals surface area contributed by atoms with Crippen molar-refractivity contribution in [3.63, 3.8) is 0 Å². The lowest BCUT2D eigenvalue weighted by Crippen LogP contribution is -2.06. The van der Waals surface area contributed by atoms with Crippen molar-refractivity contribution >= 4 is 23.0 Å². The van der Waals surface area contributed by atoms with Gasteiger partial charge in [-0.2, -0.15) is 0 Å². The molecule has 0 aliphatic heterocycles. The molecule has 0 saturated carbocycles. The normalized spacial score (nSPS) is 10.7. The van der Waals surface area contributed by atoms with Crippen LogP contribution in [0.1, 0.15) is 22.6 Å². The Morgan fingerprint density at radius 3 is 2.89 bits per heavy atom. The molecule has 0 unspecified atom stereocenters. The molecule has 0 bridgehead atoms. The van der Waals surface area contributed by atoms with Gasteiger partial charge < -0.3 is 15.4 Å². The third-order valence-electron chi connectivity index (χ3n) is 2.83. The van der Waals surface area contributed by atoms with E-state index < -0.39 is 4.92 Å². The molecule has 0 radical (unpaired) electrons. The van der Waals surface area contributed by atoms with Crippen LogP contribution in [0.25, 0.3) is 0 Å². The van der Waals surface area contributed by atoms with Crippen LogP contribution >= 0.6 is 11.3 Å². The van der Waals surface area contributed by atoms with Crippen molar-refractivity contribution in [2.75, 3.05) is 5.32 Å². The van der Waals surface area contributed by atoms with E-state index in [0.29, 0.717) is 18.2 Å². The Balaban J connectivity index is 2.17. The Hall–Kier alpha value is -1.96. The Morgan fingerprint density at radius 1 is 1.58 bits per heavy atom. The minimum atomic E-state index is -0.478. The number of nitrogens with one attached hydrogen (secondary N) is 1. The van der Waals surface area contributed by atoms with Crippen LogP contribution in [-0.2, 0) is 20.0 Å². The largest absolute Gasteiger partial charge is 0.406 e. The molecule has 0 atom stereocenters. The van der Waals surface area contributed by atoms with Gasteiger partial charge in [-0.1, -0.05) is 6.92 Å². The van der Waals surface area contributed by atoms with Crippen LogP contribution in [0.5, 0.6) is 0 Å². The zero-order valence-corrected chi connectivity index (χ0v) is 11.8. The van der Waals surface area contributed by atoms with Gasteiger partial charge in [-0.3, -0.25) is 4.57 Å². The van der Waals surface area contributed by atoms with Gasteiger partial charge in [0.1, 0.15) is 5.01 Å². The first kappa shape index (κ1) is 13.5. The molecule has 8 heteroatoms. The number of aryl methyl sites for hydroxylation is 2. The highest BCUT2D eigenvalue weighted by Gasteiger charge is 2.23. The summed E-state index contributed by atoms with van der Waals surface area (Å²) in [5.74, 6) is 0.866. The highest BCUT2D eigenvalue weighted by atomic mass is 32.1. The monoisotopic (exact) mass is 281 g/mol. The topological polar surface area (TPSA) is 85.9 Å². The van der Waals surface area contributed by atoms with E-state index in [1.807, 2.05) is 6.20 Å². The first-order valence-electron chi connectivity index (χ1n) is 5.88. The first-order valence-corrected chi connectivity index (χ1v) is 6.69. The molecule has 7 nitrogen and oxygen atoms in total. The molecule has 2 aromatic heterocycles. The molecule has 19 heavy (non-hydrogen) atoms. The van der Waals surface area contributed by atoms with E-state index >= 15 is 0 Å². The van der Waals surface area contributed by atoms with Crippen molar-refractivity contribution in [3.8, 4) is 0 Å². The zero-order valence-electron chi connectivity index (χ0n) is 11.0. The van der Waals surface area contributed by atoms with E-state index in [1.54, 1.807) is 29.9 Å². The molecular formula is C11H15N5O2S. The lowest BCUT2D eigenvalue weighted by molar-refractivity contribution is -0.388. The van der Waals surface area contributed by atoms with Crippen LogP contribution in [0.15, 0.2) is 6.20 Å². The van der Waals surface area contributed by atoms with Gasteiger partial charge in [0.25, 0.3) is 0 Å². The molecule has 0 saturated heterocycles. The summed E-state index contributed by atoms with van der Waals surface area (Å²) in [7, 11) is 1.75. The van der Waals surface area contributed by atoms with Crippen LogP contribution in [0, 0.1) is 17.0 Å². The maximum absolute atomic E-state index is 10.9. The number of nitrogens with zero attached hydrogens (tertiary/aromatic N) is 4. The minimum absolute atomic E-state index is 0.146. The maximum Gasteiger partial charge on any atom is 0.406 e. The lowest BCUT2D eigenvalue weighted by atomic mass is 10.4. The van der Waals surface area contributed by atoms with Crippen LogP contribution in [-0.4, -0.2) is 19.5 Å². The van der Waals surface area contributed by atoms with Crippen LogP contribution < -0.4 is 5.32 Å². The van der Waals surface area contributed by atoms with Gasteiger partial charge in [0.2, 0.25) is 11.6 Å². The standard InChI is InChI=1S/C11H15N5O2S/c1-4-8-5-12-9(19-8)6-13-10-11(16(17)18)14-7(2)15(10)3/h5,13H,4,6H2,1-3H3. The lowest BCUT2D eigenvalue weighted by Gasteiger charge is -2.04. The summed E-state index contributed by atoms with van der Waals surface area (Å²) >= 11 is 1.61. The number of nitro groups is 1. The van der Waals surface area contributed by atoms with Gasteiger partial charge in [-0.15, -0.1) is 11.3 Å². The molecule has 0 aliphatic rings. The van der Waals surface area contributed by atoms with E-state index in [9.17, 15) is 10.1 Å². The summed E-state index contributed by atoms with van der Waals surface area (Å²) in [6.07, 6.45) is 2.78. The summed E-state index contributed by atoms with van der Waals surface area (Å²) in [6.45, 7) is 4.27. The fraction of sp³-hybridized carbons (Fsp3) is 0.455. The van der Waals surface area contributed by atoms with E-state index in [-0.39, 0.29) is 5.82 Å². The fourth-order valence-electron chi connectivity index (χ4n) is 1.67. The number of hydrogen-bond donors (Lipinski definition) is 1. The third-order valence-corrected chi connectivity index (χ3v) is 3.97. The van der Waals surface area contributed by atoms with Gasteiger partial charge >= 0.3 is 5.82 Å². The number of aromatic nitrogens is 3. The molecule has 102 valence electrons. The SMILES string of the molecule is CCc1cnc(CNc2c([N+](=O)[O-])nc(C)n2C)s1. The Labute approximate surface area is 114 Å². The van der Waals surface area contributed by atoms with Gasteiger partial charge in [-0.25, -0.2) is 4.98 Å². The molecule has 1 N–H and O–H groups in total. The predicted molar refractivity (Wildman–Crippen MR) is 73.4 cm³/mol. The van der Waals surface area contributed by atoms with E-state index in [0.717, 1.165) is 11.4 Å². The average molecular weight is 281 g/mol. The summed E-state index contributed by atoms with van der Waals surface area (Å²) in [5, 5.41) is 14.9. The Morgan fingerprint density at radius 2 is 2.32 bits per heavy atom. The molecule has 0 amide bonds. The third kappa shape index (κ3) is 2.73. The van der Waals surface area contributed by atoms with Crippen LogP contribution in [0.2, 0.25) is 0 Å². The van der Waals surface area contributed by atoms with Crippen molar-refractivity contribution in [3.05, 3.63) is 32.0 Å². The van der Waals surface area contributed by atoms with Crippen molar-refractivity contribution in [1.82, 2.24) is 14.5 Å². The van der Waals surface area contributed by atoms with Gasteiger partial charge in [0, 0.05) is 25.0 Å². The van der Waals surface area contributed by atoms with Crippen molar-refractivity contribution < 1.29 is 4.92 Å². The number of anilines is 1. The molecule has 0 fully saturated rings. The Kier molecular flexibility index (Phi) is 3.79. The second kappa shape index (κ2) is 5.35. The quantitative estimate of drug-likeness (QED) is 0.671. The number of hydrogen-bond acceptors (Lipinski definition) is 6. The van der Waals surface area contributed by atoms with Gasteiger partial charge in [0.15, 0.2) is 0 Å². The first-order chi connectivity index (χ1) is 9.02. The summed E-state index contributed by atoms with van der Waals surface area (Å²) in [5.41, 5.74) is 0. The van der Waals surface area contributed by atoms with E-state index in [1.165, 1.54) is 4.88 Å². The van der Waals surface area contributed by atoms with Crippen LogP contribution in [0.4, 0.5) is 11.6 Å². The highest BCUT2D eigenvalue weighted by molar-refractivity contribution is 7.11.